The van der Waals surface area contributed by atoms with E-state index in [4.69, 9.17) is 9.97 Å². The molecule has 158 valence electrons. The minimum atomic E-state index is 0.687. The zero-order valence-electron chi connectivity index (χ0n) is 17.9. The number of H-pyrrole nitrogens is 2. The Balaban J connectivity index is 1.70. The summed E-state index contributed by atoms with van der Waals surface area (Å²) in [5.41, 5.74) is 10.6. The van der Waals surface area contributed by atoms with Crippen LogP contribution in [-0.2, 0) is 0 Å². The van der Waals surface area contributed by atoms with Crippen molar-refractivity contribution in [2.24, 2.45) is 0 Å². The molecule has 5 nitrogen and oxygen atoms in total. The van der Waals surface area contributed by atoms with Crippen LogP contribution in [-0.4, -0.2) is 24.9 Å². The van der Waals surface area contributed by atoms with Gasteiger partial charge in [0.25, 0.3) is 0 Å². The van der Waals surface area contributed by atoms with Crippen LogP contribution in [0.4, 0.5) is 0 Å². The zero-order valence-corrected chi connectivity index (χ0v) is 17.9. The number of nitrogens with one attached hydrogen (secondary N) is 2. The van der Waals surface area contributed by atoms with Gasteiger partial charge in [0.05, 0.1) is 28.5 Å². The first kappa shape index (κ1) is 19.2. The minimum Gasteiger partial charge on any atom is -0.355 e. The van der Waals surface area contributed by atoms with Gasteiger partial charge in [0.1, 0.15) is 0 Å². The van der Waals surface area contributed by atoms with E-state index in [9.17, 15) is 0 Å². The molecule has 0 aromatic carbocycles. The van der Waals surface area contributed by atoms with Gasteiger partial charge in [-0.3, -0.25) is 4.98 Å². The van der Waals surface area contributed by atoms with E-state index in [1.54, 1.807) is 0 Å². The van der Waals surface area contributed by atoms with E-state index in [1.807, 2.05) is 54.8 Å². The molecule has 2 N–H and O–H groups in total. The van der Waals surface area contributed by atoms with Crippen LogP contribution in [0.2, 0.25) is 0 Å². The first-order chi connectivity index (χ1) is 16.2. The lowest BCUT2D eigenvalue weighted by atomic mass is 9.98. The van der Waals surface area contributed by atoms with E-state index in [2.05, 4.69) is 57.9 Å². The van der Waals surface area contributed by atoms with Crippen molar-refractivity contribution >= 4 is 45.4 Å². The molecule has 2 aliphatic rings. The van der Waals surface area contributed by atoms with Crippen LogP contribution in [0.15, 0.2) is 85.6 Å². The maximum atomic E-state index is 5.03. The van der Waals surface area contributed by atoms with Crippen LogP contribution in [0.25, 0.3) is 45.4 Å². The van der Waals surface area contributed by atoms with Crippen LogP contribution >= 0.6 is 0 Å². The summed E-state index contributed by atoms with van der Waals surface area (Å²) in [7, 11) is 0. The van der Waals surface area contributed by atoms with E-state index >= 15 is 0 Å². The van der Waals surface area contributed by atoms with Gasteiger partial charge in [0, 0.05) is 33.8 Å². The Hall–Kier alpha value is -4.51. The summed E-state index contributed by atoms with van der Waals surface area (Å²) in [6.07, 6.45) is 8.46. The van der Waals surface area contributed by atoms with Crippen molar-refractivity contribution in [3.8, 4) is 0 Å². The fraction of sp³-hybridized carbons (Fsp3) is 0.0357. The predicted molar refractivity (Wildman–Crippen MR) is 135 cm³/mol. The molecular formula is C28H21N5. The highest BCUT2D eigenvalue weighted by Gasteiger charge is 2.21. The lowest BCUT2D eigenvalue weighted by molar-refractivity contribution is 1.24. The third-order valence-corrected chi connectivity index (χ3v) is 5.71. The van der Waals surface area contributed by atoms with Gasteiger partial charge in [0.2, 0.25) is 0 Å². The van der Waals surface area contributed by atoms with Gasteiger partial charge in [-0.25, -0.2) is 9.97 Å². The topological polar surface area (TPSA) is 70.2 Å². The summed E-state index contributed by atoms with van der Waals surface area (Å²) in [6.45, 7) is 3.98. The van der Waals surface area contributed by atoms with E-state index in [-0.39, 0.29) is 0 Å². The average molecular weight is 428 g/mol. The second kappa shape index (κ2) is 7.88. The molecule has 0 saturated heterocycles. The molecule has 0 saturated carbocycles. The number of nitrogens with zero attached hydrogens (tertiary/aromatic N) is 3. The number of hydrogen-bond acceptors (Lipinski definition) is 3. The Morgan fingerprint density at radius 1 is 0.697 bits per heavy atom. The molecule has 0 unspecified atom stereocenters. The van der Waals surface area contributed by atoms with Gasteiger partial charge >= 0.3 is 0 Å². The van der Waals surface area contributed by atoms with Gasteiger partial charge in [-0.1, -0.05) is 12.1 Å². The van der Waals surface area contributed by atoms with Gasteiger partial charge in [-0.2, -0.15) is 0 Å². The van der Waals surface area contributed by atoms with Crippen molar-refractivity contribution in [1.82, 2.24) is 24.9 Å². The van der Waals surface area contributed by atoms with E-state index in [1.165, 1.54) is 0 Å². The zero-order chi connectivity index (χ0) is 22.2. The number of hydrogen-bond donors (Lipinski definition) is 2. The second-order valence-electron chi connectivity index (χ2n) is 8.05. The molecule has 0 radical (unpaired) electrons. The molecule has 4 aromatic heterocycles. The molecule has 0 spiro atoms. The van der Waals surface area contributed by atoms with Crippen molar-refractivity contribution in [2.75, 3.05) is 0 Å². The average Bonchev–Trinajstić information content (AvgIpc) is 3.60. The summed E-state index contributed by atoms with van der Waals surface area (Å²) in [4.78, 5) is 21.4. The Morgan fingerprint density at radius 2 is 1.39 bits per heavy atom. The summed E-state index contributed by atoms with van der Waals surface area (Å²) >= 11 is 0. The second-order valence-corrected chi connectivity index (χ2v) is 8.05. The van der Waals surface area contributed by atoms with Crippen molar-refractivity contribution in [3.05, 3.63) is 114 Å². The first-order valence-electron chi connectivity index (χ1n) is 10.9. The lowest BCUT2D eigenvalue weighted by Gasteiger charge is -2.05. The lowest BCUT2D eigenvalue weighted by Crippen LogP contribution is -1.91. The number of allylic oxidation sites excluding steroid dienone is 2. The molecule has 8 bridgehead atoms. The molecule has 0 amide bonds. The molecular weight excluding hydrogens is 406 g/mol. The normalized spacial score (nSPS) is 12.8. The van der Waals surface area contributed by atoms with Crippen molar-refractivity contribution in [1.29, 1.82) is 0 Å². The number of aromatic amines is 2. The Morgan fingerprint density at radius 3 is 2.09 bits per heavy atom. The summed E-state index contributed by atoms with van der Waals surface area (Å²) in [6, 6.07) is 22.5. The maximum Gasteiger partial charge on any atom is 0.0755 e. The van der Waals surface area contributed by atoms with Crippen molar-refractivity contribution in [2.45, 2.75) is 6.42 Å². The highest BCUT2D eigenvalue weighted by atomic mass is 14.8. The fourth-order valence-electron chi connectivity index (χ4n) is 4.27. The molecule has 5 heteroatoms. The summed E-state index contributed by atoms with van der Waals surface area (Å²) < 4.78 is 0. The van der Waals surface area contributed by atoms with E-state index < -0.39 is 0 Å². The van der Waals surface area contributed by atoms with E-state index in [0.717, 1.165) is 61.7 Å². The van der Waals surface area contributed by atoms with Gasteiger partial charge < -0.3 is 9.97 Å². The molecule has 0 aliphatic carbocycles. The predicted octanol–water partition coefficient (Wildman–Crippen LogP) is 6.42. The van der Waals surface area contributed by atoms with E-state index in [0.29, 0.717) is 6.42 Å². The van der Waals surface area contributed by atoms with Crippen molar-refractivity contribution in [3.63, 3.8) is 0 Å². The van der Waals surface area contributed by atoms with Gasteiger partial charge in [-0.05, 0) is 84.8 Å². The number of pyridine rings is 1. The Bertz CT molecular complexity index is 1600. The molecule has 4 aromatic rings. The number of fused-ring (bicyclic) bond motifs is 8. The monoisotopic (exact) mass is 427 g/mol. The van der Waals surface area contributed by atoms with Crippen LogP contribution < -0.4 is 0 Å². The molecule has 6 heterocycles. The summed E-state index contributed by atoms with van der Waals surface area (Å²) in [5.74, 6) is 0. The largest absolute Gasteiger partial charge is 0.355 e. The maximum absolute atomic E-state index is 5.03. The minimum absolute atomic E-state index is 0.687. The van der Waals surface area contributed by atoms with Crippen LogP contribution in [0.5, 0.6) is 0 Å². The number of aromatic nitrogens is 5. The van der Waals surface area contributed by atoms with Crippen LogP contribution in [0.3, 0.4) is 0 Å². The third kappa shape index (κ3) is 3.70. The molecule has 0 fully saturated rings. The highest BCUT2D eigenvalue weighted by Crippen LogP contribution is 2.36. The standard InChI is InChI=1S/C28H21N5/c1-2-5-24-26-16-22-11-9-20(31-22)14-18-7-8-19(30-18)15-21-10-12-23(32-21)17-27(33-26)28(24)25-6-3-4-13-29-25/h2-4,6-17,30,32H,1,5H2. The van der Waals surface area contributed by atoms with Gasteiger partial charge in [-0.15, -0.1) is 6.58 Å². The number of rotatable bonds is 3. The quantitative estimate of drug-likeness (QED) is 0.327. The first-order valence-corrected chi connectivity index (χ1v) is 10.9. The third-order valence-electron chi connectivity index (χ3n) is 5.71. The smallest absolute Gasteiger partial charge is 0.0755 e. The highest BCUT2D eigenvalue weighted by molar-refractivity contribution is 5.99. The Kier molecular flexibility index (Phi) is 4.58. The molecule has 0 atom stereocenters. The summed E-state index contributed by atoms with van der Waals surface area (Å²) in [5, 5.41) is 0. The Labute approximate surface area is 190 Å². The van der Waals surface area contributed by atoms with Gasteiger partial charge in [0.15, 0.2) is 0 Å². The van der Waals surface area contributed by atoms with Crippen molar-refractivity contribution < 1.29 is 0 Å². The molecule has 6 rings (SSSR count). The molecule has 33 heavy (non-hydrogen) atoms. The fourth-order valence-corrected chi connectivity index (χ4v) is 4.27. The SMILES string of the molecule is C=CCC1=C(c2ccccn2)c2cc3ccc(cc4ccc(cc5nc(cc1n2)C=C5)[nH]4)[nH]3. The molecule has 2 aliphatic heterocycles. The van der Waals surface area contributed by atoms with Crippen LogP contribution in [0.1, 0.15) is 34.9 Å². The van der Waals surface area contributed by atoms with Crippen LogP contribution in [0, 0.1) is 0 Å².